The monoisotopic (exact) mass is 219 g/mol. The maximum atomic E-state index is 9.77. The summed E-state index contributed by atoms with van der Waals surface area (Å²) in [5, 5.41) is 32.5. The molecule has 15 heavy (non-hydrogen) atoms. The largest absolute Gasteiger partial charge is 0.479 e. The van der Waals surface area contributed by atoms with Gasteiger partial charge in [-0.1, -0.05) is 0 Å². The second-order valence-corrected chi connectivity index (χ2v) is 2.24. The lowest BCUT2D eigenvalue weighted by Gasteiger charge is -2.07. The second kappa shape index (κ2) is 6.51. The van der Waals surface area contributed by atoms with E-state index in [2.05, 4.69) is 9.40 Å². The number of carbonyl (C=O) groups is 2. The summed E-state index contributed by atoms with van der Waals surface area (Å²) < 4.78 is 4.47. The highest BCUT2D eigenvalue weighted by Gasteiger charge is 2.29. The van der Waals surface area contributed by atoms with Crippen LogP contribution in [0, 0.1) is 0 Å². The van der Waals surface area contributed by atoms with Crippen molar-refractivity contribution < 1.29 is 34.4 Å². The minimum atomic E-state index is -2.27. The zero-order chi connectivity index (χ0) is 11.8. The molecule has 0 saturated carbocycles. The Morgan fingerprint density at radius 3 is 1.73 bits per heavy atom. The fraction of sp³-hybridized carbons (Fsp3) is 0.286. The lowest BCUT2D eigenvalue weighted by atomic mass is 10.2. The van der Waals surface area contributed by atoms with Gasteiger partial charge in [-0.25, -0.2) is 14.6 Å². The van der Waals surface area contributed by atoms with Crippen LogP contribution in [0.2, 0.25) is 0 Å². The summed E-state index contributed by atoms with van der Waals surface area (Å²) in [5.41, 5.74) is 0. The van der Waals surface area contributed by atoms with Crippen LogP contribution in [0.4, 0.5) is 0 Å². The van der Waals surface area contributed by atoms with E-state index < -0.39 is 24.1 Å². The molecule has 1 rings (SSSR count). The van der Waals surface area contributed by atoms with Crippen molar-refractivity contribution in [2.45, 2.75) is 12.2 Å². The molecule has 0 aliphatic rings. The number of oxazole rings is 1. The lowest BCUT2D eigenvalue weighted by Crippen LogP contribution is -2.39. The van der Waals surface area contributed by atoms with Crippen LogP contribution in [0.3, 0.4) is 0 Å². The van der Waals surface area contributed by atoms with Crippen LogP contribution in [0.5, 0.6) is 0 Å². The molecule has 8 nitrogen and oxygen atoms in total. The first kappa shape index (κ1) is 13.1. The number of hydrogen-bond acceptors (Lipinski definition) is 6. The van der Waals surface area contributed by atoms with Crippen molar-refractivity contribution >= 4 is 11.9 Å². The maximum Gasteiger partial charge on any atom is 0.335 e. The van der Waals surface area contributed by atoms with Gasteiger partial charge < -0.3 is 24.8 Å². The Kier molecular flexibility index (Phi) is 5.67. The van der Waals surface area contributed by atoms with Gasteiger partial charge in [-0.15, -0.1) is 0 Å². The molecule has 2 unspecified atom stereocenters. The van der Waals surface area contributed by atoms with Crippen LogP contribution in [0.15, 0.2) is 23.3 Å². The molecule has 0 fully saturated rings. The van der Waals surface area contributed by atoms with Gasteiger partial charge in [0.15, 0.2) is 18.6 Å². The predicted molar refractivity (Wildman–Crippen MR) is 43.8 cm³/mol. The molecule has 84 valence electrons. The number of nitrogens with zero attached hydrogens (tertiary/aromatic N) is 1. The smallest absolute Gasteiger partial charge is 0.335 e. The quantitative estimate of drug-likeness (QED) is 0.483. The molecule has 0 spiro atoms. The van der Waals surface area contributed by atoms with Crippen molar-refractivity contribution in [1.29, 1.82) is 0 Å². The lowest BCUT2D eigenvalue weighted by molar-refractivity contribution is -0.165. The van der Waals surface area contributed by atoms with Gasteiger partial charge in [0.05, 0.1) is 6.20 Å². The Bertz CT molecular complexity index is 261. The van der Waals surface area contributed by atoms with Gasteiger partial charge >= 0.3 is 11.9 Å². The number of aliphatic hydroxyl groups is 2. The maximum absolute atomic E-state index is 9.77. The van der Waals surface area contributed by atoms with E-state index in [0.717, 1.165) is 0 Å². The fourth-order valence-corrected chi connectivity index (χ4v) is 0.446. The summed E-state index contributed by atoms with van der Waals surface area (Å²) in [6, 6.07) is 0. The summed E-state index contributed by atoms with van der Waals surface area (Å²) in [6.07, 6.45) is -0.0602. The Balaban J connectivity index is 0.000000322. The van der Waals surface area contributed by atoms with E-state index in [1.807, 2.05) is 0 Å². The van der Waals surface area contributed by atoms with Crippen molar-refractivity contribution in [2.75, 3.05) is 0 Å². The van der Waals surface area contributed by atoms with Crippen molar-refractivity contribution in [2.24, 2.45) is 0 Å². The van der Waals surface area contributed by atoms with Gasteiger partial charge in [0.25, 0.3) is 0 Å². The number of rotatable bonds is 3. The number of aromatic nitrogens is 1. The van der Waals surface area contributed by atoms with Gasteiger partial charge in [0.1, 0.15) is 6.26 Å². The molecule has 4 N–H and O–H groups in total. The highest BCUT2D eigenvalue weighted by atomic mass is 16.4. The Morgan fingerprint density at radius 1 is 1.13 bits per heavy atom. The fourth-order valence-electron chi connectivity index (χ4n) is 0.446. The highest BCUT2D eigenvalue weighted by molar-refractivity contribution is 5.83. The molecule has 0 radical (unpaired) electrons. The Hall–Kier alpha value is -1.93. The zero-order valence-corrected chi connectivity index (χ0v) is 7.35. The van der Waals surface area contributed by atoms with E-state index in [4.69, 9.17) is 20.4 Å². The Labute approximate surface area is 83.4 Å². The molecule has 0 aromatic carbocycles. The first-order valence-electron chi connectivity index (χ1n) is 3.60. The molecule has 0 aliphatic heterocycles. The standard InChI is InChI=1S/C4H6O6.C3H3NO/c5-1(3(7)8)2(6)4(9)10;1-2-5-3-4-1/h1-2,5-6H,(H,7,8)(H,9,10);1-3H. The summed E-state index contributed by atoms with van der Waals surface area (Å²) in [7, 11) is 0. The molecule has 2 atom stereocenters. The summed E-state index contributed by atoms with van der Waals surface area (Å²) >= 11 is 0. The van der Waals surface area contributed by atoms with Crippen molar-refractivity contribution in [3.63, 3.8) is 0 Å². The number of carboxylic acid groups (broad SMARTS) is 2. The van der Waals surface area contributed by atoms with Gasteiger partial charge in [0, 0.05) is 0 Å². The van der Waals surface area contributed by atoms with Crippen LogP contribution in [0.25, 0.3) is 0 Å². The van der Waals surface area contributed by atoms with Crippen LogP contribution in [-0.4, -0.2) is 49.6 Å². The number of hydrogen-bond donors (Lipinski definition) is 4. The van der Waals surface area contributed by atoms with E-state index >= 15 is 0 Å². The summed E-state index contributed by atoms with van der Waals surface area (Å²) in [4.78, 5) is 23.1. The SMILES string of the molecule is O=C(O)C(O)C(O)C(=O)O.c1cocn1. The van der Waals surface area contributed by atoms with Gasteiger partial charge in [-0.2, -0.15) is 0 Å². The minimum Gasteiger partial charge on any atom is -0.479 e. The minimum absolute atomic E-state index is 1.38. The third-order valence-electron chi connectivity index (χ3n) is 1.15. The van der Waals surface area contributed by atoms with Gasteiger partial charge in [-0.05, 0) is 0 Å². The van der Waals surface area contributed by atoms with Crippen molar-refractivity contribution in [3.8, 4) is 0 Å². The number of aliphatic hydroxyl groups excluding tert-OH is 2. The molecule has 0 amide bonds. The Morgan fingerprint density at radius 2 is 1.60 bits per heavy atom. The molecule has 0 saturated heterocycles. The zero-order valence-electron chi connectivity index (χ0n) is 7.35. The van der Waals surface area contributed by atoms with Crippen LogP contribution < -0.4 is 0 Å². The third-order valence-corrected chi connectivity index (χ3v) is 1.15. The first-order valence-corrected chi connectivity index (χ1v) is 3.60. The van der Waals surface area contributed by atoms with Crippen LogP contribution in [0.1, 0.15) is 0 Å². The van der Waals surface area contributed by atoms with Crippen LogP contribution >= 0.6 is 0 Å². The van der Waals surface area contributed by atoms with E-state index in [-0.39, 0.29) is 0 Å². The third kappa shape index (κ3) is 5.39. The highest BCUT2D eigenvalue weighted by Crippen LogP contribution is 1.92. The number of aliphatic carboxylic acids is 2. The normalized spacial score (nSPS) is 13.2. The molecule has 1 aromatic heterocycles. The molecular weight excluding hydrogens is 210 g/mol. The van der Waals surface area contributed by atoms with Crippen molar-refractivity contribution in [3.05, 3.63) is 18.9 Å². The molecular formula is C7H9NO7. The summed E-state index contributed by atoms with van der Waals surface area (Å²) in [5.74, 6) is -3.54. The predicted octanol–water partition coefficient (Wildman–Crippen LogP) is -1.45. The number of carboxylic acids is 2. The first-order chi connectivity index (χ1) is 6.96. The van der Waals surface area contributed by atoms with Gasteiger partial charge in [0.2, 0.25) is 0 Å². The molecule has 1 aromatic rings. The van der Waals surface area contributed by atoms with Crippen LogP contribution in [-0.2, 0) is 9.59 Å². The average molecular weight is 219 g/mol. The molecule has 0 aliphatic carbocycles. The molecule has 8 heteroatoms. The van der Waals surface area contributed by atoms with Crippen molar-refractivity contribution in [1.82, 2.24) is 4.98 Å². The topological polar surface area (TPSA) is 141 Å². The van der Waals surface area contributed by atoms with E-state index in [0.29, 0.717) is 0 Å². The van der Waals surface area contributed by atoms with E-state index in [9.17, 15) is 9.59 Å². The molecule has 0 bridgehead atoms. The second-order valence-electron chi connectivity index (χ2n) is 2.24. The molecule has 1 heterocycles. The van der Waals surface area contributed by atoms with Gasteiger partial charge in [-0.3, -0.25) is 0 Å². The van der Waals surface area contributed by atoms with E-state index in [1.165, 1.54) is 12.7 Å². The van der Waals surface area contributed by atoms with E-state index in [1.54, 1.807) is 6.20 Å². The average Bonchev–Trinajstić information content (AvgIpc) is 2.73. The summed E-state index contributed by atoms with van der Waals surface area (Å²) in [6.45, 7) is 0.